The molecule has 0 aliphatic heterocycles. The zero-order valence-electron chi connectivity index (χ0n) is 10.4. The van der Waals surface area contributed by atoms with Crippen molar-refractivity contribution >= 4 is 23.2 Å². The Bertz CT molecular complexity index is 629. The molecule has 2 aromatic carbocycles. The van der Waals surface area contributed by atoms with Crippen LogP contribution in [0.25, 0.3) is 0 Å². The van der Waals surface area contributed by atoms with Crippen LogP contribution in [0.2, 0.25) is 0 Å². The highest BCUT2D eigenvalue weighted by Gasteiger charge is 2.43. The molecular weight excluding hydrogens is 275 g/mol. The second-order valence-electron chi connectivity index (χ2n) is 5.50. The summed E-state index contributed by atoms with van der Waals surface area (Å²) in [6.45, 7) is 0. The molecule has 19 heavy (non-hydrogen) atoms. The summed E-state index contributed by atoms with van der Waals surface area (Å²) in [6.07, 6.45) is 0.964. The predicted octanol–water partition coefficient (Wildman–Crippen LogP) is 5.21. The number of halogens is 2. The molecule has 4 atom stereocenters. The Balaban J connectivity index is 2.05. The van der Waals surface area contributed by atoms with Gasteiger partial charge < -0.3 is 0 Å². The summed E-state index contributed by atoms with van der Waals surface area (Å²) in [4.78, 5) is 0. The van der Waals surface area contributed by atoms with Crippen LogP contribution in [0.15, 0.2) is 48.5 Å². The maximum absolute atomic E-state index is 6.78. The van der Waals surface area contributed by atoms with Crippen LogP contribution in [0.5, 0.6) is 0 Å². The van der Waals surface area contributed by atoms with Crippen LogP contribution in [0, 0.1) is 0 Å². The summed E-state index contributed by atoms with van der Waals surface area (Å²) in [5.41, 5.74) is 5.34. The van der Waals surface area contributed by atoms with Gasteiger partial charge in [0, 0.05) is 17.2 Å². The first-order valence-electron chi connectivity index (χ1n) is 6.73. The van der Waals surface area contributed by atoms with Gasteiger partial charge in [0.25, 0.3) is 0 Å². The zero-order valence-corrected chi connectivity index (χ0v) is 11.9. The Morgan fingerprint density at radius 1 is 0.737 bits per heavy atom. The average Bonchev–Trinajstić information content (AvgIpc) is 2.62. The minimum atomic E-state index is 0.0334. The van der Waals surface area contributed by atoms with Gasteiger partial charge in [0.05, 0.1) is 5.38 Å². The summed E-state index contributed by atoms with van der Waals surface area (Å²) in [5, 5.41) is 0.177. The second kappa shape index (κ2) is 4.26. The largest absolute Gasteiger partial charge is 0.122 e. The third-order valence-corrected chi connectivity index (χ3v) is 5.52. The van der Waals surface area contributed by atoms with Crippen LogP contribution >= 0.6 is 23.2 Å². The van der Waals surface area contributed by atoms with Gasteiger partial charge >= 0.3 is 0 Å². The summed E-state index contributed by atoms with van der Waals surface area (Å²) in [7, 11) is 0. The van der Waals surface area contributed by atoms with E-state index < -0.39 is 0 Å². The molecular formula is C17H14Cl2. The molecule has 0 heterocycles. The number of fused-ring (bicyclic) bond motifs is 1. The Morgan fingerprint density at radius 3 is 1.95 bits per heavy atom. The lowest BCUT2D eigenvalue weighted by molar-refractivity contribution is 0.541. The molecule has 0 amide bonds. The van der Waals surface area contributed by atoms with Crippen LogP contribution < -0.4 is 0 Å². The van der Waals surface area contributed by atoms with E-state index in [1.807, 2.05) is 0 Å². The van der Waals surface area contributed by atoms with Crippen LogP contribution in [0.3, 0.4) is 0 Å². The van der Waals surface area contributed by atoms with Crippen LogP contribution in [-0.4, -0.2) is 5.38 Å². The SMILES string of the molecule is Cl[C@@H]1C[C@H]2c3ccccc3[C@H]1c1ccccc1[C@@H]2Cl. The standard InChI is InChI=1S/C17H14Cl2/c18-15-9-14-10-5-1-2-6-11(10)16(15)12-7-3-4-8-13(12)17(14)19/h1-8,14-17H,9H2/t14-,15+,16-,17-/m0/s1. The quantitative estimate of drug-likeness (QED) is 0.584. The highest BCUT2D eigenvalue weighted by atomic mass is 35.5. The molecule has 0 fully saturated rings. The van der Waals surface area contributed by atoms with Crippen molar-refractivity contribution < 1.29 is 0 Å². The van der Waals surface area contributed by atoms with Gasteiger partial charge in [0.2, 0.25) is 0 Å². The molecule has 3 aliphatic rings. The highest BCUT2D eigenvalue weighted by molar-refractivity contribution is 6.23. The van der Waals surface area contributed by atoms with E-state index in [1.54, 1.807) is 0 Å². The molecule has 2 aromatic rings. The maximum Gasteiger partial charge on any atom is 0.0657 e. The number of rotatable bonds is 0. The number of hydrogen-bond acceptors (Lipinski definition) is 0. The van der Waals surface area contributed by atoms with Gasteiger partial charge in [-0.25, -0.2) is 0 Å². The molecule has 0 unspecified atom stereocenters. The van der Waals surface area contributed by atoms with Crippen molar-refractivity contribution in [3.05, 3.63) is 70.8 Å². The van der Waals surface area contributed by atoms with E-state index >= 15 is 0 Å². The predicted molar refractivity (Wildman–Crippen MR) is 80.3 cm³/mol. The molecule has 2 heteroatoms. The fraction of sp³-hybridized carbons (Fsp3) is 0.294. The zero-order chi connectivity index (χ0) is 13.0. The molecule has 3 aliphatic carbocycles. The highest BCUT2D eigenvalue weighted by Crippen LogP contribution is 2.56. The third kappa shape index (κ3) is 1.60. The summed E-state index contributed by atoms with van der Waals surface area (Å²) < 4.78 is 0. The van der Waals surface area contributed by atoms with E-state index in [4.69, 9.17) is 23.2 Å². The first kappa shape index (κ1) is 11.8. The van der Waals surface area contributed by atoms with Gasteiger partial charge in [-0.15, -0.1) is 23.2 Å². The summed E-state index contributed by atoms with van der Waals surface area (Å²) in [6, 6.07) is 17.2. The maximum atomic E-state index is 6.78. The molecule has 2 bridgehead atoms. The Hall–Kier alpha value is -0.980. The third-order valence-electron chi connectivity index (χ3n) is 4.55. The Kier molecular flexibility index (Phi) is 2.65. The topological polar surface area (TPSA) is 0 Å². The number of benzene rings is 2. The minimum absolute atomic E-state index is 0.0334. The average molecular weight is 289 g/mol. The summed E-state index contributed by atoms with van der Waals surface area (Å²) >= 11 is 13.5. The fourth-order valence-electron chi connectivity index (χ4n) is 3.73. The van der Waals surface area contributed by atoms with E-state index in [0.29, 0.717) is 5.92 Å². The first-order chi connectivity index (χ1) is 9.27. The van der Waals surface area contributed by atoms with Gasteiger partial charge in [-0.1, -0.05) is 48.5 Å². The molecule has 0 saturated heterocycles. The van der Waals surface area contributed by atoms with Crippen molar-refractivity contribution in [2.75, 3.05) is 0 Å². The molecule has 0 N–H and O–H groups in total. The van der Waals surface area contributed by atoms with E-state index in [-0.39, 0.29) is 16.7 Å². The smallest absolute Gasteiger partial charge is 0.0657 e. The normalized spacial score (nSPS) is 31.5. The number of alkyl halides is 2. The van der Waals surface area contributed by atoms with Crippen LogP contribution in [0.4, 0.5) is 0 Å². The molecule has 0 aromatic heterocycles. The van der Waals surface area contributed by atoms with E-state index in [1.165, 1.54) is 22.3 Å². The van der Waals surface area contributed by atoms with Crippen molar-refractivity contribution in [3.63, 3.8) is 0 Å². The monoisotopic (exact) mass is 288 g/mol. The van der Waals surface area contributed by atoms with Crippen molar-refractivity contribution in [2.45, 2.75) is 29.0 Å². The van der Waals surface area contributed by atoms with Gasteiger partial charge in [-0.05, 0) is 28.7 Å². The Morgan fingerprint density at radius 2 is 1.26 bits per heavy atom. The van der Waals surface area contributed by atoms with Crippen molar-refractivity contribution in [2.24, 2.45) is 0 Å². The second-order valence-corrected chi connectivity index (χ2v) is 6.53. The minimum Gasteiger partial charge on any atom is -0.122 e. The van der Waals surface area contributed by atoms with Gasteiger partial charge in [-0.2, -0.15) is 0 Å². The summed E-state index contributed by atoms with van der Waals surface area (Å²) in [5.74, 6) is 0.620. The van der Waals surface area contributed by atoms with Crippen LogP contribution in [0.1, 0.15) is 45.9 Å². The lowest BCUT2D eigenvalue weighted by Crippen LogP contribution is -2.23. The van der Waals surface area contributed by atoms with Crippen LogP contribution in [-0.2, 0) is 0 Å². The number of hydrogen-bond donors (Lipinski definition) is 0. The van der Waals surface area contributed by atoms with Gasteiger partial charge in [-0.3, -0.25) is 0 Å². The molecule has 0 radical (unpaired) electrons. The van der Waals surface area contributed by atoms with Crippen molar-refractivity contribution in [3.8, 4) is 0 Å². The molecule has 96 valence electrons. The molecule has 0 nitrogen and oxygen atoms in total. The van der Waals surface area contributed by atoms with E-state index in [0.717, 1.165) is 6.42 Å². The fourth-order valence-corrected chi connectivity index (χ4v) is 4.63. The lowest BCUT2D eigenvalue weighted by atomic mass is 9.76. The van der Waals surface area contributed by atoms with Gasteiger partial charge in [0.15, 0.2) is 0 Å². The van der Waals surface area contributed by atoms with E-state index in [2.05, 4.69) is 48.5 Å². The van der Waals surface area contributed by atoms with Crippen molar-refractivity contribution in [1.29, 1.82) is 0 Å². The van der Waals surface area contributed by atoms with Crippen molar-refractivity contribution in [1.82, 2.24) is 0 Å². The van der Waals surface area contributed by atoms with E-state index in [9.17, 15) is 0 Å². The molecule has 0 saturated carbocycles. The first-order valence-corrected chi connectivity index (χ1v) is 7.60. The molecule has 5 rings (SSSR count). The lowest BCUT2D eigenvalue weighted by Gasteiger charge is -2.32. The molecule has 0 spiro atoms. The Labute approximate surface area is 123 Å². The van der Waals surface area contributed by atoms with Gasteiger partial charge in [0.1, 0.15) is 0 Å².